The van der Waals surface area contributed by atoms with Crippen LogP contribution in [-0.2, 0) is 20.7 Å². The minimum Gasteiger partial charge on any atom is -0.550 e. The van der Waals surface area contributed by atoms with Gasteiger partial charge in [-0.2, -0.15) is 0 Å². The van der Waals surface area contributed by atoms with Gasteiger partial charge in [0.2, 0.25) is 5.91 Å². The Kier molecular flexibility index (Phi) is 6.14. The number of amides is 1. The minimum absolute atomic E-state index is 0.240. The van der Waals surface area contributed by atoms with Crippen LogP contribution in [0.1, 0.15) is 41.9 Å². The number of nitrogens with one attached hydrogen (secondary N) is 1. The van der Waals surface area contributed by atoms with Crippen LogP contribution >= 0.6 is 11.3 Å². The van der Waals surface area contributed by atoms with Crippen LogP contribution < -0.4 is 10.4 Å². The second-order valence-electron chi connectivity index (χ2n) is 5.49. The fourth-order valence-electron chi connectivity index (χ4n) is 2.64. The van der Waals surface area contributed by atoms with Gasteiger partial charge >= 0.3 is 5.97 Å². The van der Waals surface area contributed by atoms with Gasteiger partial charge in [0.15, 0.2) is 0 Å². The molecule has 6 nitrogen and oxygen atoms in total. The van der Waals surface area contributed by atoms with Gasteiger partial charge in [-0.25, -0.2) is 4.79 Å². The monoisotopic (exact) mass is 350 g/mol. The lowest BCUT2D eigenvalue weighted by Gasteiger charge is -2.28. The highest BCUT2D eigenvalue weighted by atomic mass is 32.1. The molecule has 1 N–H and O–H groups in total. The predicted octanol–water partition coefficient (Wildman–Crippen LogP) is 1.76. The zero-order chi connectivity index (χ0) is 17.7. The summed E-state index contributed by atoms with van der Waals surface area (Å²) in [6, 6.07) is 1.70. The molecule has 0 aliphatic heterocycles. The van der Waals surface area contributed by atoms with E-state index in [2.05, 4.69) is 5.32 Å². The lowest BCUT2D eigenvalue weighted by atomic mass is 9.82. The first-order chi connectivity index (χ1) is 11.5. The molecular formula is C17H20NO5S-. The molecule has 24 heavy (non-hydrogen) atoms. The van der Waals surface area contributed by atoms with E-state index in [9.17, 15) is 19.5 Å². The summed E-state index contributed by atoms with van der Waals surface area (Å²) >= 11 is 1.30. The number of rotatable bonds is 6. The summed E-state index contributed by atoms with van der Waals surface area (Å²) in [6.07, 6.45) is 4.87. The summed E-state index contributed by atoms with van der Waals surface area (Å²) in [5.74, 6) is -3.70. The minimum atomic E-state index is -1.23. The van der Waals surface area contributed by atoms with E-state index in [0.717, 1.165) is 11.3 Å². The predicted molar refractivity (Wildman–Crippen MR) is 88.6 cm³/mol. The van der Waals surface area contributed by atoms with Crippen LogP contribution in [0, 0.1) is 11.8 Å². The molecule has 0 saturated heterocycles. The normalized spacial score (nSPS) is 19.8. The lowest BCUT2D eigenvalue weighted by Crippen LogP contribution is -2.41. The Balaban J connectivity index is 2.21. The summed E-state index contributed by atoms with van der Waals surface area (Å²) in [6.45, 7) is 3.90. The molecule has 0 unspecified atom stereocenters. The number of ether oxygens (including phenoxy) is 1. The number of hydrogen-bond donors (Lipinski definition) is 1. The molecule has 1 aromatic rings. The van der Waals surface area contributed by atoms with Crippen molar-refractivity contribution < 1.29 is 24.2 Å². The Morgan fingerprint density at radius 1 is 1.25 bits per heavy atom. The fourth-order valence-corrected chi connectivity index (χ4v) is 3.63. The van der Waals surface area contributed by atoms with Gasteiger partial charge in [0.1, 0.15) is 5.00 Å². The van der Waals surface area contributed by atoms with Crippen LogP contribution in [-0.4, -0.2) is 24.5 Å². The van der Waals surface area contributed by atoms with Gasteiger partial charge in [0.05, 0.1) is 18.1 Å². The van der Waals surface area contributed by atoms with Gasteiger partial charge < -0.3 is 20.0 Å². The Morgan fingerprint density at radius 2 is 1.92 bits per heavy atom. The molecular weight excluding hydrogens is 330 g/mol. The molecule has 2 atom stereocenters. The number of hydrogen-bond acceptors (Lipinski definition) is 6. The van der Waals surface area contributed by atoms with Crippen molar-refractivity contribution in [1.82, 2.24) is 0 Å². The standard InChI is InChI=1S/C17H21NO5S/c1-3-10-9-13(17(22)23-4-2)15(24-10)18-14(19)11-7-5-6-8-12(11)16(20)21/h5-6,9,11-12H,3-4,7-8H2,1-2H3,(H,18,19)(H,20,21)/p-1/t11-,12+/m0/s1. The largest absolute Gasteiger partial charge is 0.550 e. The van der Waals surface area contributed by atoms with E-state index in [1.165, 1.54) is 11.3 Å². The maximum atomic E-state index is 12.5. The number of esters is 1. The molecule has 1 aromatic heterocycles. The number of carboxylic acids is 1. The molecule has 0 saturated carbocycles. The smallest absolute Gasteiger partial charge is 0.341 e. The fraction of sp³-hybridized carbons (Fsp3) is 0.471. The summed E-state index contributed by atoms with van der Waals surface area (Å²) < 4.78 is 5.01. The zero-order valence-corrected chi connectivity index (χ0v) is 14.5. The van der Waals surface area contributed by atoms with Gasteiger partial charge in [-0.15, -0.1) is 11.3 Å². The van der Waals surface area contributed by atoms with Gasteiger partial charge in [0, 0.05) is 16.8 Å². The molecule has 2 rings (SSSR count). The van der Waals surface area contributed by atoms with E-state index < -0.39 is 29.7 Å². The van der Waals surface area contributed by atoms with Gasteiger partial charge in [0.25, 0.3) is 0 Å². The van der Waals surface area contributed by atoms with Crippen molar-refractivity contribution in [2.75, 3.05) is 11.9 Å². The lowest BCUT2D eigenvalue weighted by molar-refractivity contribution is -0.313. The highest BCUT2D eigenvalue weighted by Gasteiger charge is 2.31. The van der Waals surface area contributed by atoms with Crippen LogP contribution in [0.4, 0.5) is 5.00 Å². The highest BCUT2D eigenvalue weighted by molar-refractivity contribution is 7.16. The van der Waals surface area contributed by atoms with Crippen molar-refractivity contribution in [2.45, 2.75) is 33.1 Å². The first-order valence-electron chi connectivity index (χ1n) is 7.94. The second-order valence-corrected chi connectivity index (χ2v) is 6.63. The van der Waals surface area contributed by atoms with E-state index >= 15 is 0 Å². The third kappa shape index (κ3) is 4.03. The summed E-state index contributed by atoms with van der Waals surface area (Å²) in [4.78, 5) is 36.7. The van der Waals surface area contributed by atoms with Crippen molar-refractivity contribution >= 4 is 34.2 Å². The van der Waals surface area contributed by atoms with Crippen molar-refractivity contribution in [3.05, 3.63) is 28.7 Å². The van der Waals surface area contributed by atoms with E-state index in [0.29, 0.717) is 17.0 Å². The van der Waals surface area contributed by atoms with Crippen LogP contribution in [0.3, 0.4) is 0 Å². The number of aryl methyl sites for hydroxylation is 1. The molecule has 0 radical (unpaired) electrons. The summed E-state index contributed by atoms with van der Waals surface area (Å²) in [5, 5.41) is 14.4. The van der Waals surface area contributed by atoms with Crippen molar-refractivity contribution in [1.29, 1.82) is 0 Å². The SMILES string of the molecule is CCOC(=O)c1cc(CC)sc1NC(=O)[C@H]1CC=CC[C@H]1C(=O)[O-]. The van der Waals surface area contributed by atoms with Gasteiger partial charge in [-0.3, -0.25) is 4.79 Å². The number of carbonyl (C=O) groups excluding carboxylic acids is 3. The molecule has 1 aliphatic carbocycles. The van der Waals surface area contributed by atoms with E-state index in [4.69, 9.17) is 4.74 Å². The maximum absolute atomic E-state index is 12.5. The maximum Gasteiger partial charge on any atom is 0.341 e. The Bertz CT molecular complexity index is 664. The quantitative estimate of drug-likeness (QED) is 0.623. The molecule has 1 heterocycles. The molecule has 7 heteroatoms. The molecule has 0 aromatic carbocycles. The molecule has 1 amide bonds. The molecule has 0 spiro atoms. The van der Waals surface area contributed by atoms with Crippen LogP contribution in [0.5, 0.6) is 0 Å². The third-order valence-corrected chi connectivity index (χ3v) is 5.13. The van der Waals surface area contributed by atoms with Crippen molar-refractivity contribution in [2.24, 2.45) is 11.8 Å². The van der Waals surface area contributed by atoms with Crippen molar-refractivity contribution in [3.8, 4) is 0 Å². The van der Waals surface area contributed by atoms with Crippen LogP contribution in [0.25, 0.3) is 0 Å². The number of carbonyl (C=O) groups is 3. The summed E-state index contributed by atoms with van der Waals surface area (Å²) in [5.41, 5.74) is 0.309. The van der Waals surface area contributed by atoms with E-state index in [-0.39, 0.29) is 13.0 Å². The van der Waals surface area contributed by atoms with E-state index in [1.54, 1.807) is 25.1 Å². The van der Waals surface area contributed by atoms with Crippen LogP contribution in [0.2, 0.25) is 0 Å². The first kappa shape index (κ1) is 18.2. The summed E-state index contributed by atoms with van der Waals surface area (Å²) in [7, 11) is 0. The molecule has 130 valence electrons. The third-order valence-electron chi connectivity index (χ3n) is 3.94. The Labute approximate surface area is 144 Å². The zero-order valence-electron chi connectivity index (χ0n) is 13.7. The Morgan fingerprint density at radius 3 is 2.50 bits per heavy atom. The first-order valence-corrected chi connectivity index (χ1v) is 8.76. The second kappa shape index (κ2) is 8.10. The van der Waals surface area contributed by atoms with Crippen molar-refractivity contribution in [3.63, 3.8) is 0 Å². The molecule has 1 aliphatic rings. The topological polar surface area (TPSA) is 95.5 Å². The number of thiophene rings is 1. The highest BCUT2D eigenvalue weighted by Crippen LogP contribution is 2.32. The average Bonchev–Trinajstić information content (AvgIpc) is 2.98. The molecule has 0 fully saturated rings. The Hall–Kier alpha value is -2.15. The average molecular weight is 350 g/mol. The van der Waals surface area contributed by atoms with Gasteiger partial charge in [-0.05, 0) is 32.3 Å². The number of aliphatic carboxylic acids is 1. The number of carboxylic acid groups (broad SMARTS) is 1. The van der Waals surface area contributed by atoms with E-state index in [1.807, 2.05) is 6.92 Å². The van der Waals surface area contributed by atoms with Crippen LogP contribution in [0.15, 0.2) is 18.2 Å². The number of anilines is 1. The van der Waals surface area contributed by atoms with Gasteiger partial charge in [-0.1, -0.05) is 19.1 Å². The number of allylic oxidation sites excluding steroid dienone is 2. The molecule has 0 bridgehead atoms.